The zero-order valence-corrected chi connectivity index (χ0v) is 18.8. The van der Waals surface area contributed by atoms with Crippen molar-refractivity contribution in [3.05, 3.63) is 92.6 Å². The van der Waals surface area contributed by atoms with Gasteiger partial charge in [0.1, 0.15) is 17.2 Å². The monoisotopic (exact) mass is 478 g/mol. The van der Waals surface area contributed by atoms with Crippen molar-refractivity contribution in [3.8, 4) is 17.2 Å². The molecule has 156 valence electrons. The topological polar surface area (TPSA) is 61.8 Å². The van der Waals surface area contributed by atoms with Crippen LogP contribution in [0.4, 0.5) is 0 Å². The number of carbonyl (C=O) groups excluding carboxylic acids is 2. The number of rotatable bonds is 4. The Bertz CT molecular complexity index is 1230. The van der Waals surface area contributed by atoms with Crippen molar-refractivity contribution in [1.82, 2.24) is 0 Å². The summed E-state index contributed by atoms with van der Waals surface area (Å²) in [5.41, 5.74) is 3.21. The fourth-order valence-electron chi connectivity index (χ4n) is 3.29. The third-order valence-corrected chi connectivity index (χ3v) is 5.50. The highest BCUT2D eigenvalue weighted by Crippen LogP contribution is 2.40. The zero-order valence-electron chi connectivity index (χ0n) is 17.2. The van der Waals surface area contributed by atoms with Crippen molar-refractivity contribution in [3.63, 3.8) is 0 Å². The maximum atomic E-state index is 12.9. The van der Waals surface area contributed by atoms with Crippen LogP contribution in [0.2, 0.25) is 0 Å². The number of ketones is 1. The summed E-state index contributed by atoms with van der Waals surface area (Å²) in [6, 6.07) is 15.9. The molecule has 4 rings (SSSR count). The van der Waals surface area contributed by atoms with E-state index in [1.807, 2.05) is 31.2 Å². The molecule has 0 spiro atoms. The summed E-state index contributed by atoms with van der Waals surface area (Å²) in [6.45, 7) is 3.70. The lowest BCUT2D eigenvalue weighted by Crippen LogP contribution is -2.09. The van der Waals surface area contributed by atoms with E-state index in [1.165, 1.54) is 0 Å². The van der Waals surface area contributed by atoms with E-state index in [0.29, 0.717) is 39.5 Å². The van der Waals surface area contributed by atoms with Gasteiger partial charge in [0.2, 0.25) is 5.78 Å². The maximum Gasteiger partial charge on any atom is 0.343 e. The molecule has 3 aromatic carbocycles. The summed E-state index contributed by atoms with van der Waals surface area (Å²) < 4.78 is 17.7. The van der Waals surface area contributed by atoms with Crippen molar-refractivity contribution in [1.29, 1.82) is 0 Å². The number of fused-ring (bicyclic) bond motifs is 1. The van der Waals surface area contributed by atoms with Gasteiger partial charge in [0, 0.05) is 15.6 Å². The fourth-order valence-corrected chi connectivity index (χ4v) is 3.67. The van der Waals surface area contributed by atoms with E-state index in [0.717, 1.165) is 10.0 Å². The molecule has 0 fully saturated rings. The standard InChI is InChI=1S/C25H19BrO5/c1-14-4-6-16(7-5-14)25(28)31-20-11-9-19-23(27)22(30-24(19)15(20)2)13-17-12-18(26)8-10-21(17)29-3/h4-13H,1-3H3/b22-13-. The van der Waals surface area contributed by atoms with E-state index in [2.05, 4.69) is 15.9 Å². The van der Waals surface area contributed by atoms with Crippen LogP contribution in [0.15, 0.2) is 64.8 Å². The van der Waals surface area contributed by atoms with Crippen LogP contribution in [-0.2, 0) is 0 Å². The third-order valence-electron chi connectivity index (χ3n) is 5.00. The molecule has 0 amide bonds. The molecule has 0 N–H and O–H groups in total. The Morgan fingerprint density at radius 1 is 1.00 bits per heavy atom. The van der Waals surface area contributed by atoms with Gasteiger partial charge in [-0.3, -0.25) is 4.79 Å². The molecule has 0 saturated carbocycles. The Morgan fingerprint density at radius 2 is 1.71 bits per heavy atom. The Hall–Kier alpha value is -3.38. The first-order chi connectivity index (χ1) is 14.9. The van der Waals surface area contributed by atoms with Crippen LogP contribution in [0.3, 0.4) is 0 Å². The third kappa shape index (κ3) is 4.11. The van der Waals surface area contributed by atoms with Crippen LogP contribution in [0, 0.1) is 13.8 Å². The minimum Gasteiger partial charge on any atom is -0.496 e. The number of hydrogen-bond acceptors (Lipinski definition) is 5. The molecule has 3 aromatic rings. The number of halogens is 1. The molecule has 6 heteroatoms. The van der Waals surface area contributed by atoms with E-state index in [9.17, 15) is 9.59 Å². The number of esters is 1. The molecule has 0 saturated heterocycles. The number of benzene rings is 3. The van der Waals surface area contributed by atoms with Gasteiger partial charge >= 0.3 is 5.97 Å². The summed E-state index contributed by atoms with van der Waals surface area (Å²) >= 11 is 3.43. The van der Waals surface area contributed by atoms with E-state index in [1.54, 1.807) is 50.4 Å². The minimum absolute atomic E-state index is 0.177. The van der Waals surface area contributed by atoms with Gasteiger partial charge in [0.15, 0.2) is 5.76 Å². The number of hydrogen-bond donors (Lipinski definition) is 0. The Balaban J connectivity index is 1.63. The van der Waals surface area contributed by atoms with Crippen LogP contribution in [0.25, 0.3) is 6.08 Å². The molecule has 1 heterocycles. The van der Waals surface area contributed by atoms with Crippen LogP contribution in [0.1, 0.15) is 37.4 Å². The highest BCUT2D eigenvalue weighted by molar-refractivity contribution is 9.10. The molecular formula is C25H19BrO5. The molecule has 5 nitrogen and oxygen atoms in total. The first-order valence-corrected chi connectivity index (χ1v) is 10.4. The van der Waals surface area contributed by atoms with Gasteiger partial charge in [-0.1, -0.05) is 33.6 Å². The van der Waals surface area contributed by atoms with Gasteiger partial charge in [-0.15, -0.1) is 0 Å². The van der Waals surface area contributed by atoms with E-state index < -0.39 is 5.97 Å². The number of carbonyl (C=O) groups is 2. The predicted octanol–water partition coefficient (Wildman–Crippen LogP) is 5.91. The first kappa shape index (κ1) is 20.9. The smallest absolute Gasteiger partial charge is 0.343 e. The molecule has 31 heavy (non-hydrogen) atoms. The first-order valence-electron chi connectivity index (χ1n) is 9.57. The van der Waals surface area contributed by atoms with Crippen LogP contribution < -0.4 is 14.2 Å². The predicted molar refractivity (Wildman–Crippen MR) is 121 cm³/mol. The van der Waals surface area contributed by atoms with Crippen LogP contribution in [-0.4, -0.2) is 18.9 Å². The summed E-state index contributed by atoms with van der Waals surface area (Å²) in [7, 11) is 1.57. The molecular weight excluding hydrogens is 460 g/mol. The summed E-state index contributed by atoms with van der Waals surface area (Å²) in [5, 5.41) is 0. The molecule has 0 unspecified atom stereocenters. The molecule has 0 aromatic heterocycles. The average molecular weight is 479 g/mol. The highest BCUT2D eigenvalue weighted by atomic mass is 79.9. The van der Waals surface area contributed by atoms with Gasteiger partial charge in [0.05, 0.1) is 18.2 Å². The SMILES string of the molecule is COc1ccc(Br)cc1/C=C1\Oc2c(ccc(OC(=O)c3ccc(C)cc3)c2C)C1=O. The lowest BCUT2D eigenvalue weighted by molar-refractivity contribution is 0.0733. The summed E-state index contributed by atoms with van der Waals surface area (Å²) in [5.74, 6) is 0.820. The lowest BCUT2D eigenvalue weighted by Gasteiger charge is -2.10. The van der Waals surface area contributed by atoms with Gasteiger partial charge < -0.3 is 14.2 Å². The lowest BCUT2D eigenvalue weighted by atomic mass is 10.1. The largest absolute Gasteiger partial charge is 0.496 e. The molecule has 0 radical (unpaired) electrons. The quantitative estimate of drug-likeness (QED) is 0.265. The maximum absolute atomic E-state index is 12.9. The normalized spacial score (nSPS) is 13.7. The van der Waals surface area contributed by atoms with E-state index >= 15 is 0 Å². The fraction of sp³-hybridized carbons (Fsp3) is 0.120. The second-order valence-corrected chi connectivity index (χ2v) is 8.06. The van der Waals surface area contributed by atoms with Crippen molar-refractivity contribution in [2.45, 2.75) is 13.8 Å². The van der Waals surface area contributed by atoms with Crippen molar-refractivity contribution < 1.29 is 23.8 Å². The molecule has 0 aliphatic carbocycles. The van der Waals surface area contributed by atoms with E-state index in [-0.39, 0.29) is 11.5 Å². The second-order valence-electron chi connectivity index (χ2n) is 7.15. The number of ether oxygens (including phenoxy) is 3. The molecule has 1 aliphatic rings. The molecule has 0 atom stereocenters. The van der Waals surface area contributed by atoms with Crippen molar-refractivity contribution in [2.75, 3.05) is 7.11 Å². The average Bonchev–Trinajstić information content (AvgIpc) is 3.07. The second kappa shape index (κ2) is 8.40. The number of Topliss-reactive ketones (excluding diaryl/α,β-unsaturated/α-hetero) is 1. The van der Waals surface area contributed by atoms with Crippen molar-refractivity contribution in [2.24, 2.45) is 0 Å². The van der Waals surface area contributed by atoms with Gasteiger partial charge in [-0.2, -0.15) is 0 Å². The Labute approximate surface area is 188 Å². The number of allylic oxidation sites excluding steroid dienone is 1. The molecule has 0 bridgehead atoms. The number of aryl methyl sites for hydroxylation is 1. The Kier molecular flexibility index (Phi) is 5.65. The minimum atomic E-state index is -0.470. The van der Waals surface area contributed by atoms with Crippen molar-refractivity contribution >= 4 is 33.8 Å². The van der Waals surface area contributed by atoms with Gasteiger partial charge in [-0.05, 0) is 62.4 Å². The summed E-state index contributed by atoms with van der Waals surface area (Å²) in [6.07, 6.45) is 1.64. The van der Waals surface area contributed by atoms with Crippen LogP contribution >= 0.6 is 15.9 Å². The van der Waals surface area contributed by atoms with Crippen LogP contribution in [0.5, 0.6) is 17.2 Å². The Morgan fingerprint density at radius 3 is 2.42 bits per heavy atom. The zero-order chi connectivity index (χ0) is 22.1. The van der Waals surface area contributed by atoms with Gasteiger partial charge in [0.25, 0.3) is 0 Å². The number of methoxy groups -OCH3 is 1. The highest BCUT2D eigenvalue weighted by Gasteiger charge is 2.31. The molecule has 1 aliphatic heterocycles. The summed E-state index contributed by atoms with van der Waals surface area (Å²) in [4.78, 5) is 25.4. The van der Waals surface area contributed by atoms with Gasteiger partial charge in [-0.25, -0.2) is 4.79 Å². The van der Waals surface area contributed by atoms with E-state index in [4.69, 9.17) is 14.2 Å².